The van der Waals surface area contributed by atoms with Crippen LogP contribution >= 0.6 is 0 Å². The molecule has 0 aromatic carbocycles. The molecule has 0 unspecified atom stereocenters. The van der Waals surface area contributed by atoms with E-state index < -0.39 is 0 Å². The molecule has 0 fully saturated rings. The van der Waals surface area contributed by atoms with Gasteiger partial charge in [0.2, 0.25) is 0 Å². The van der Waals surface area contributed by atoms with Crippen molar-refractivity contribution in [3.05, 3.63) is 0 Å². The van der Waals surface area contributed by atoms with Crippen molar-refractivity contribution in [3.63, 3.8) is 0 Å². The summed E-state index contributed by atoms with van der Waals surface area (Å²) in [6.07, 6.45) is 1.04. The molecular formula is C9H23N3O. The lowest BCUT2D eigenvalue weighted by Crippen LogP contribution is -2.24. The highest BCUT2D eigenvalue weighted by molar-refractivity contribution is 4.47. The lowest BCUT2D eigenvalue weighted by Gasteiger charge is -2.09. The molecule has 0 rings (SSSR count). The van der Waals surface area contributed by atoms with E-state index >= 15 is 0 Å². The van der Waals surface area contributed by atoms with Gasteiger partial charge in [-0.25, -0.2) is 0 Å². The average molecular weight is 189 g/mol. The smallest absolute Gasteiger partial charge is 0.0593 e. The predicted molar refractivity (Wildman–Crippen MR) is 55.9 cm³/mol. The first-order valence-corrected chi connectivity index (χ1v) is 4.90. The molecule has 0 saturated carbocycles. The van der Waals surface area contributed by atoms with Gasteiger partial charge in [0.15, 0.2) is 0 Å². The summed E-state index contributed by atoms with van der Waals surface area (Å²) >= 11 is 0. The molecule has 0 radical (unpaired) electrons. The molecule has 0 aliphatic rings. The second kappa shape index (κ2) is 9.92. The van der Waals surface area contributed by atoms with E-state index in [1.54, 1.807) is 0 Å². The van der Waals surface area contributed by atoms with Crippen molar-refractivity contribution in [2.45, 2.75) is 6.42 Å². The molecule has 0 heterocycles. The molecule has 0 bridgehead atoms. The number of ether oxygens (including phenoxy) is 1. The molecule has 0 aliphatic carbocycles. The third kappa shape index (κ3) is 11.8. The van der Waals surface area contributed by atoms with Crippen molar-refractivity contribution < 1.29 is 4.74 Å². The second-order valence-electron chi connectivity index (χ2n) is 3.31. The van der Waals surface area contributed by atoms with E-state index in [-0.39, 0.29) is 0 Å². The topological polar surface area (TPSA) is 50.5 Å². The van der Waals surface area contributed by atoms with Gasteiger partial charge in [0.05, 0.1) is 13.2 Å². The van der Waals surface area contributed by atoms with Gasteiger partial charge in [-0.2, -0.15) is 0 Å². The van der Waals surface area contributed by atoms with Gasteiger partial charge in [-0.15, -0.1) is 0 Å². The molecule has 4 heteroatoms. The van der Waals surface area contributed by atoms with Crippen LogP contribution in [0.2, 0.25) is 0 Å². The van der Waals surface area contributed by atoms with E-state index in [1.165, 1.54) is 0 Å². The molecule has 80 valence electrons. The minimum atomic E-state index is 0.758. The Morgan fingerprint density at radius 1 is 1.23 bits per heavy atom. The molecule has 4 nitrogen and oxygen atoms in total. The van der Waals surface area contributed by atoms with E-state index in [0.29, 0.717) is 0 Å². The van der Waals surface area contributed by atoms with Gasteiger partial charge in [-0.3, -0.25) is 0 Å². The highest BCUT2D eigenvalue weighted by Gasteiger charge is 1.90. The first kappa shape index (κ1) is 12.8. The molecular weight excluding hydrogens is 166 g/mol. The molecule has 0 aliphatic heterocycles. The minimum absolute atomic E-state index is 0.758. The third-order valence-corrected chi connectivity index (χ3v) is 1.66. The third-order valence-electron chi connectivity index (χ3n) is 1.66. The summed E-state index contributed by atoms with van der Waals surface area (Å²) in [6, 6.07) is 0. The van der Waals surface area contributed by atoms with Crippen molar-refractivity contribution in [3.8, 4) is 0 Å². The number of hydrogen-bond acceptors (Lipinski definition) is 4. The van der Waals surface area contributed by atoms with Crippen molar-refractivity contribution >= 4 is 0 Å². The first-order chi connectivity index (χ1) is 6.27. The maximum absolute atomic E-state index is 5.39. The summed E-state index contributed by atoms with van der Waals surface area (Å²) in [4.78, 5) is 2.11. The lowest BCUT2D eigenvalue weighted by atomic mass is 10.4. The Morgan fingerprint density at radius 2 is 2.00 bits per heavy atom. The monoisotopic (exact) mass is 189 g/mol. The van der Waals surface area contributed by atoms with Gasteiger partial charge in [-0.05, 0) is 33.6 Å². The van der Waals surface area contributed by atoms with Gasteiger partial charge in [-0.1, -0.05) is 0 Å². The van der Waals surface area contributed by atoms with E-state index in [2.05, 4.69) is 10.2 Å². The molecule has 0 amide bonds. The number of nitrogens with two attached hydrogens (primary N) is 1. The van der Waals surface area contributed by atoms with Crippen LogP contribution in [0.1, 0.15) is 6.42 Å². The van der Waals surface area contributed by atoms with Crippen LogP contribution in [0.15, 0.2) is 0 Å². The van der Waals surface area contributed by atoms with Crippen LogP contribution in [0.4, 0.5) is 0 Å². The van der Waals surface area contributed by atoms with Crippen molar-refractivity contribution in [1.29, 1.82) is 0 Å². The summed E-state index contributed by atoms with van der Waals surface area (Å²) in [6.45, 7) is 5.27. The van der Waals surface area contributed by atoms with Crippen LogP contribution in [0, 0.1) is 0 Å². The standard InChI is InChI=1S/C9H23N3O/c1-12(2)7-9-13-8-6-11-5-3-4-10/h11H,3-10H2,1-2H3. The van der Waals surface area contributed by atoms with Crippen LogP contribution in [0.5, 0.6) is 0 Å². The number of rotatable bonds is 9. The van der Waals surface area contributed by atoms with Crippen LogP contribution in [-0.4, -0.2) is 58.4 Å². The maximum Gasteiger partial charge on any atom is 0.0593 e. The Bertz CT molecular complexity index is 98.9. The van der Waals surface area contributed by atoms with Crippen molar-refractivity contribution in [2.24, 2.45) is 5.73 Å². The summed E-state index contributed by atoms with van der Waals surface area (Å²) in [5.74, 6) is 0. The molecule has 0 spiro atoms. The quantitative estimate of drug-likeness (QED) is 0.480. The fraction of sp³-hybridized carbons (Fsp3) is 1.00. The number of likely N-dealkylation sites (N-methyl/N-ethyl adjacent to an activating group) is 1. The first-order valence-electron chi connectivity index (χ1n) is 4.90. The van der Waals surface area contributed by atoms with Gasteiger partial charge in [0, 0.05) is 13.1 Å². The zero-order valence-corrected chi connectivity index (χ0v) is 8.88. The molecule has 13 heavy (non-hydrogen) atoms. The van der Waals surface area contributed by atoms with Crippen LogP contribution < -0.4 is 11.1 Å². The Morgan fingerprint density at radius 3 is 2.62 bits per heavy atom. The SMILES string of the molecule is CN(C)CCOCCNCCCN. The van der Waals surface area contributed by atoms with E-state index in [4.69, 9.17) is 10.5 Å². The summed E-state index contributed by atoms with van der Waals surface area (Å²) in [5.41, 5.74) is 5.35. The summed E-state index contributed by atoms with van der Waals surface area (Å²) < 4.78 is 5.39. The Hall–Kier alpha value is -0.160. The molecule has 0 aromatic rings. The zero-order valence-electron chi connectivity index (χ0n) is 8.88. The van der Waals surface area contributed by atoms with Gasteiger partial charge < -0.3 is 20.7 Å². The predicted octanol–water partition coefficient (Wildman–Crippen LogP) is -0.497. The van der Waals surface area contributed by atoms with E-state index in [9.17, 15) is 0 Å². The minimum Gasteiger partial charge on any atom is -0.379 e. The van der Waals surface area contributed by atoms with E-state index in [1.807, 2.05) is 14.1 Å². The summed E-state index contributed by atoms with van der Waals surface area (Å²) in [7, 11) is 4.09. The van der Waals surface area contributed by atoms with E-state index in [0.717, 1.165) is 45.8 Å². The zero-order chi connectivity index (χ0) is 9.94. The fourth-order valence-electron chi connectivity index (χ4n) is 0.846. The normalized spacial score (nSPS) is 11.1. The van der Waals surface area contributed by atoms with Crippen LogP contribution in [-0.2, 0) is 4.74 Å². The van der Waals surface area contributed by atoms with Crippen LogP contribution in [0.25, 0.3) is 0 Å². The highest BCUT2D eigenvalue weighted by atomic mass is 16.5. The Labute approximate surface area is 81.4 Å². The van der Waals surface area contributed by atoms with Crippen molar-refractivity contribution in [2.75, 3.05) is 53.5 Å². The van der Waals surface area contributed by atoms with Gasteiger partial charge >= 0.3 is 0 Å². The average Bonchev–Trinajstić information content (AvgIpc) is 2.09. The van der Waals surface area contributed by atoms with Crippen LogP contribution in [0.3, 0.4) is 0 Å². The van der Waals surface area contributed by atoms with Crippen molar-refractivity contribution in [1.82, 2.24) is 10.2 Å². The Balaban J connectivity index is 2.84. The summed E-state index contributed by atoms with van der Waals surface area (Å²) in [5, 5.41) is 3.26. The second-order valence-corrected chi connectivity index (χ2v) is 3.31. The van der Waals surface area contributed by atoms with Gasteiger partial charge in [0.25, 0.3) is 0 Å². The van der Waals surface area contributed by atoms with Gasteiger partial charge in [0.1, 0.15) is 0 Å². The molecule has 0 atom stereocenters. The fourth-order valence-corrected chi connectivity index (χ4v) is 0.846. The molecule has 0 aromatic heterocycles. The maximum atomic E-state index is 5.39. The number of hydrogen-bond donors (Lipinski definition) is 2. The number of nitrogens with zero attached hydrogens (tertiary/aromatic N) is 1. The number of nitrogens with one attached hydrogen (secondary N) is 1. The molecule has 0 saturated heterocycles. The highest BCUT2D eigenvalue weighted by Crippen LogP contribution is 1.77. The molecule has 3 N–H and O–H groups in total. The largest absolute Gasteiger partial charge is 0.379 e. The lowest BCUT2D eigenvalue weighted by molar-refractivity contribution is 0.119. The Kier molecular flexibility index (Phi) is 9.80.